The Labute approximate surface area is 270 Å². The van der Waals surface area contributed by atoms with E-state index in [1.165, 1.54) is 56.9 Å². The van der Waals surface area contributed by atoms with E-state index in [-0.39, 0.29) is 29.7 Å². The zero-order valence-electron chi connectivity index (χ0n) is 28.9. The van der Waals surface area contributed by atoms with Crippen LogP contribution in [0, 0.1) is 60.2 Å². The van der Waals surface area contributed by atoms with E-state index < -0.39 is 0 Å². The second kappa shape index (κ2) is 12.6. The van der Waals surface area contributed by atoms with E-state index >= 15 is 0 Å². The zero-order chi connectivity index (χ0) is 32.1. The highest BCUT2D eigenvalue weighted by atomic mass is 16.6. The van der Waals surface area contributed by atoms with Gasteiger partial charge in [0.2, 0.25) is 0 Å². The summed E-state index contributed by atoms with van der Waals surface area (Å²) < 4.78 is 17.2. The van der Waals surface area contributed by atoms with Crippen LogP contribution in [-0.2, 0) is 9.53 Å². The van der Waals surface area contributed by atoms with Crippen LogP contribution in [-0.4, -0.2) is 18.7 Å². The lowest BCUT2D eigenvalue weighted by molar-refractivity contribution is -0.153. The van der Waals surface area contributed by atoms with E-state index in [1.807, 2.05) is 19.1 Å². The number of aryl methyl sites for hydroxylation is 1. The third-order valence-corrected chi connectivity index (χ3v) is 13.3. The second-order valence-corrected chi connectivity index (χ2v) is 16.2. The van der Waals surface area contributed by atoms with Crippen molar-refractivity contribution < 1.29 is 18.7 Å². The summed E-state index contributed by atoms with van der Waals surface area (Å²) in [7, 11) is 0. The average molecular weight is 617 g/mol. The van der Waals surface area contributed by atoms with Gasteiger partial charge in [0.1, 0.15) is 17.4 Å². The number of allylic oxidation sites excluding steroid dienone is 1. The summed E-state index contributed by atoms with van der Waals surface area (Å²) in [5.74, 6) is 5.10. The Morgan fingerprint density at radius 1 is 1.00 bits per heavy atom. The Morgan fingerprint density at radius 3 is 2.58 bits per heavy atom. The Morgan fingerprint density at radius 2 is 1.80 bits per heavy atom. The lowest BCUT2D eigenvalue weighted by atomic mass is 9.47. The quantitative estimate of drug-likeness (QED) is 0.159. The van der Waals surface area contributed by atoms with E-state index in [9.17, 15) is 9.59 Å². The van der Waals surface area contributed by atoms with E-state index in [2.05, 4.69) is 40.7 Å². The minimum Gasteiger partial charge on any atom is -0.482 e. The summed E-state index contributed by atoms with van der Waals surface area (Å²) in [4.78, 5) is 25.0. The van der Waals surface area contributed by atoms with Crippen LogP contribution in [0.15, 0.2) is 39.1 Å². The van der Waals surface area contributed by atoms with Gasteiger partial charge < -0.3 is 13.9 Å². The molecule has 8 atom stereocenters. The van der Waals surface area contributed by atoms with Gasteiger partial charge in [-0.3, -0.25) is 0 Å². The molecule has 5 heteroatoms. The Hall–Kier alpha value is -2.56. The molecule has 0 aliphatic heterocycles. The van der Waals surface area contributed by atoms with Gasteiger partial charge in [-0.15, -0.1) is 0 Å². The first-order valence-electron chi connectivity index (χ1n) is 18.0. The van der Waals surface area contributed by atoms with Crippen molar-refractivity contribution in [3.8, 4) is 5.75 Å². The maximum Gasteiger partial charge on any atom is 0.344 e. The van der Waals surface area contributed by atoms with Crippen LogP contribution < -0.4 is 10.4 Å². The fourth-order valence-corrected chi connectivity index (χ4v) is 10.6. The number of fused-ring (bicyclic) bond motifs is 6. The van der Waals surface area contributed by atoms with Gasteiger partial charge in [0.05, 0.1) is 0 Å². The highest BCUT2D eigenvalue weighted by Crippen LogP contribution is 2.67. The van der Waals surface area contributed by atoms with Gasteiger partial charge >= 0.3 is 11.6 Å². The van der Waals surface area contributed by atoms with Crippen molar-refractivity contribution in [3.63, 3.8) is 0 Å². The van der Waals surface area contributed by atoms with Crippen LogP contribution in [0.3, 0.4) is 0 Å². The molecular weight excluding hydrogens is 560 g/mol. The lowest BCUT2D eigenvalue weighted by Gasteiger charge is -2.58. The number of carbonyl (C=O) groups is 1. The lowest BCUT2D eigenvalue weighted by Crippen LogP contribution is -2.51. The van der Waals surface area contributed by atoms with Crippen LogP contribution in [0.1, 0.15) is 116 Å². The molecule has 1 aromatic carbocycles. The third-order valence-electron chi connectivity index (χ3n) is 13.3. The minimum atomic E-state index is -0.346. The van der Waals surface area contributed by atoms with Gasteiger partial charge in [0.25, 0.3) is 0 Å². The zero-order valence-corrected chi connectivity index (χ0v) is 28.9. The molecule has 2 aromatic rings. The van der Waals surface area contributed by atoms with Crippen LogP contribution in [0.2, 0.25) is 0 Å². The average Bonchev–Trinajstić information content (AvgIpc) is 3.36. The third kappa shape index (κ3) is 6.02. The summed E-state index contributed by atoms with van der Waals surface area (Å²) in [5.41, 5.74) is 3.90. The molecule has 4 aliphatic rings. The summed E-state index contributed by atoms with van der Waals surface area (Å²) in [6.45, 7) is 16.0. The summed E-state index contributed by atoms with van der Waals surface area (Å²) in [6, 6.07) is 5.37. The standard InChI is InChI=1S/C40H56O5/c1-24(2)9-8-10-25(3)33-15-16-34-32-13-11-28-21-30(17-19-39(28,6)35(32)18-20-40(33,34)7)44-37(41)23-43-29-12-14-31-26(4)27(5)38(42)45-36(31)22-29/h11-12,14,22,24-25,30,32-35H,8-10,13,15-21,23H2,1-7H3/t25-,30+,32+,33-,34-,35-,39+,40-/m1/s1. The number of ether oxygens (including phenoxy) is 2. The summed E-state index contributed by atoms with van der Waals surface area (Å²) in [6.07, 6.45) is 16.3. The van der Waals surface area contributed by atoms with Gasteiger partial charge in [-0.1, -0.05) is 65.5 Å². The van der Waals surface area contributed by atoms with Gasteiger partial charge in [0.15, 0.2) is 6.61 Å². The molecule has 0 amide bonds. The molecule has 0 radical (unpaired) electrons. The number of rotatable bonds is 9. The molecule has 0 bridgehead atoms. The monoisotopic (exact) mass is 616 g/mol. The summed E-state index contributed by atoms with van der Waals surface area (Å²) >= 11 is 0. The maximum absolute atomic E-state index is 12.9. The molecule has 0 N–H and O–H groups in total. The van der Waals surface area contributed by atoms with Crippen molar-refractivity contribution >= 4 is 16.9 Å². The first-order chi connectivity index (χ1) is 21.4. The van der Waals surface area contributed by atoms with E-state index in [0.717, 1.165) is 65.7 Å². The minimum absolute atomic E-state index is 0.0892. The Kier molecular flexibility index (Phi) is 9.04. The molecule has 1 heterocycles. The molecule has 4 aliphatic carbocycles. The number of hydrogen-bond acceptors (Lipinski definition) is 5. The molecule has 3 saturated carbocycles. The van der Waals surface area contributed by atoms with E-state index in [0.29, 0.717) is 22.3 Å². The molecule has 0 saturated heterocycles. The SMILES string of the molecule is Cc1c(C)c2ccc(OCC(=O)O[C@H]3CC[C@@]4(C)C(=CC[C@H]5[C@H]6CC[C@H]([C@H](C)CCCC(C)C)[C@@]6(C)CC[C@H]54)C3)cc2oc1=O. The molecule has 5 nitrogen and oxygen atoms in total. The van der Waals surface area contributed by atoms with Gasteiger partial charge in [-0.25, -0.2) is 9.59 Å². The van der Waals surface area contributed by atoms with Crippen molar-refractivity contribution in [2.24, 2.45) is 46.3 Å². The van der Waals surface area contributed by atoms with E-state index in [1.54, 1.807) is 13.0 Å². The van der Waals surface area contributed by atoms with Gasteiger partial charge in [-0.05, 0) is 123 Å². The normalized spacial score (nSPS) is 33.2. The molecular formula is C40H56O5. The fraction of sp³-hybridized carbons (Fsp3) is 0.700. The molecule has 1 aromatic heterocycles. The second-order valence-electron chi connectivity index (χ2n) is 16.2. The molecule has 6 rings (SSSR count). The van der Waals surface area contributed by atoms with Crippen LogP contribution >= 0.6 is 0 Å². The largest absolute Gasteiger partial charge is 0.482 e. The van der Waals surface area contributed by atoms with Crippen molar-refractivity contribution in [3.05, 3.63) is 51.4 Å². The predicted octanol–water partition coefficient (Wildman–Crippen LogP) is 9.74. The first kappa shape index (κ1) is 32.4. The molecule has 0 unspecified atom stereocenters. The predicted molar refractivity (Wildman–Crippen MR) is 180 cm³/mol. The topological polar surface area (TPSA) is 65.7 Å². The Balaban J connectivity index is 1.05. The van der Waals surface area contributed by atoms with Crippen LogP contribution in [0.4, 0.5) is 0 Å². The molecule has 0 spiro atoms. The molecule has 45 heavy (non-hydrogen) atoms. The number of benzene rings is 1. The van der Waals surface area contributed by atoms with Gasteiger partial charge in [0, 0.05) is 23.4 Å². The van der Waals surface area contributed by atoms with Crippen molar-refractivity contribution in [2.45, 2.75) is 125 Å². The fourth-order valence-electron chi connectivity index (χ4n) is 10.6. The highest BCUT2D eigenvalue weighted by molar-refractivity contribution is 5.82. The highest BCUT2D eigenvalue weighted by Gasteiger charge is 2.59. The first-order valence-corrected chi connectivity index (χ1v) is 18.0. The number of carbonyl (C=O) groups excluding carboxylic acids is 1. The molecule has 246 valence electrons. The maximum atomic E-state index is 12.9. The van der Waals surface area contributed by atoms with E-state index in [4.69, 9.17) is 13.9 Å². The van der Waals surface area contributed by atoms with Crippen LogP contribution in [0.5, 0.6) is 5.75 Å². The summed E-state index contributed by atoms with van der Waals surface area (Å²) in [5, 5.41) is 0.872. The number of esters is 1. The van der Waals surface area contributed by atoms with Crippen molar-refractivity contribution in [1.82, 2.24) is 0 Å². The smallest absolute Gasteiger partial charge is 0.344 e. The van der Waals surface area contributed by atoms with Crippen molar-refractivity contribution in [2.75, 3.05) is 6.61 Å². The van der Waals surface area contributed by atoms with Crippen LogP contribution in [0.25, 0.3) is 11.0 Å². The van der Waals surface area contributed by atoms with Gasteiger partial charge in [-0.2, -0.15) is 0 Å². The Bertz CT molecular complexity index is 1500. The number of hydrogen-bond donors (Lipinski definition) is 0. The molecule has 3 fully saturated rings. The van der Waals surface area contributed by atoms with Crippen molar-refractivity contribution in [1.29, 1.82) is 0 Å².